The summed E-state index contributed by atoms with van der Waals surface area (Å²) in [5.74, 6) is -0.0589. The number of piperazine rings is 1. The highest BCUT2D eigenvalue weighted by atomic mass is 35.5. The van der Waals surface area contributed by atoms with E-state index in [1.165, 1.54) is 0 Å². The van der Waals surface area contributed by atoms with Gasteiger partial charge >= 0.3 is 0 Å². The fourth-order valence-electron chi connectivity index (χ4n) is 4.54. The molecule has 1 fully saturated rings. The number of pyridine rings is 1. The van der Waals surface area contributed by atoms with Gasteiger partial charge in [0.15, 0.2) is 5.13 Å². The molecule has 0 unspecified atom stereocenters. The predicted octanol–water partition coefficient (Wildman–Crippen LogP) is 5.78. The Labute approximate surface area is 222 Å². The molecule has 0 saturated carbocycles. The first-order chi connectivity index (χ1) is 17.7. The number of aromatic nitrogens is 2. The minimum absolute atomic E-state index is 0.0589. The quantitative estimate of drug-likeness (QED) is 0.300. The fourth-order valence-corrected chi connectivity index (χ4v) is 6.54. The molecule has 0 bridgehead atoms. The second-order valence-electron chi connectivity index (χ2n) is 8.72. The number of hydrogen-bond donors (Lipinski definition) is 1. The van der Waals surface area contributed by atoms with Crippen LogP contribution in [-0.2, 0) is 0 Å². The van der Waals surface area contributed by atoms with Gasteiger partial charge in [0.05, 0.1) is 31.4 Å². The van der Waals surface area contributed by atoms with Gasteiger partial charge in [-0.15, -0.1) is 11.3 Å². The molecule has 36 heavy (non-hydrogen) atoms. The summed E-state index contributed by atoms with van der Waals surface area (Å²) in [7, 11) is 0. The van der Waals surface area contributed by atoms with Crippen LogP contribution in [0, 0.1) is 0 Å². The van der Waals surface area contributed by atoms with Gasteiger partial charge < -0.3 is 10.2 Å². The van der Waals surface area contributed by atoms with Crippen LogP contribution in [0.3, 0.4) is 0 Å². The van der Waals surface area contributed by atoms with Crippen molar-refractivity contribution in [2.24, 2.45) is 0 Å². The molecule has 6 nitrogen and oxygen atoms in total. The first-order valence-electron chi connectivity index (χ1n) is 11.9. The van der Waals surface area contributed by atoms with Crippen molar-refractivity contribution in [1.29, 1.82) is 0 Å². The third-order valence-corrected chi connectivity index (χ3v) is 8.73. The smallest absolute Gasteiger partial charge is 0.252 e. The number of carbonyl (C=O) groups is 1. The number of fused-ring (bicyclic) bond motifs is 2. The van der Waals surface area contributed by atoms with Crippen molar-refractivity contribution >= 4 is 66.4 Å². The Bertz CT molecular complexity index is 1530. The molecule has 0 spiro atoms. The van der Waals surface area contributed by atoms with Crippen LogP contribution in [0.4, 0.5) is 5.13 Å². The van der Waals surface area contributed by atoms with Crippen LogP contribution < -0.4 is 10.2 Å². The zero-order valence-electron chi connectivity index (χ0n) is 19.5. The average molecular weight is 534 g/mol. The lowest BCUT2D eigenvalue weighted by molar-refractivity contribution is 0.0949. The number of halogens is 1. The first kappa shape index (κ1) is 23.4. The third-order valence-electron chi connectivity index (χ3n) is 6.45. The number of amides is 1. The molecular formula is C27H24ClN5OS2. The number of rotatable bonds is 6. The Morgan fingerprint density at radius 2 is 1.86 bits per heavy atom. The summed E-state index contributed by atoms with van der Waals surface area (Å²) < 4.78 is 1.12. The normalized spacial score (nSPS) is 14.5. The molecule has 0 aliphatic carbocycles. The van der Waals surface area contributed by atoms with E-state index in [-0.39, 0.29) is 5.91 Å². The molecular weight excluding hydrogens is 510 g/mol. The van der Waals surface area contributed by atoms with Gasteiger partial charge in [0.25, 0.3) is 5.91 Å². The van der Waals surface area contributed by atoms with Crippen molar-refractivity contribution in [1.82, 2.24) is 20.2 Å². The number of carbonyl (C=O) groups excluding carboxylic acids is 1. The van der Waals surface area contributed by atoms with Gasteiger partial charge in [-0.25, -0.2) is 9.97 Å². The number of hydrogen-bond acceptors (Lipinski definition) is 7. The summed E-state index contributed by atoms with van der Waals surface area (Å²) in [6.07, 6.45) is 0. The van der Waals surface area contributed by atoms with E-state index in [0.29, 0.717) is 17.1 Å². The van der Waals surface area contributed by atoms with Crippen molar-refractivity contribution in [3.63, 3.8) is 0 Å². The standard InChI is InChI=1S/C27H24ClN5OS2/c28-20-6-3-8-24-25(20)31-27(36-24)33-14-12-32(13-15-33)11-10-29-26(34)19-17-22(23-9-4-16-35-23)30-21-7-2-1-5-18(19)21/h1-9,16-17H,10-15H2,(H,29,34). The summed E-state index contributed by atoms with van der Waals surface area (Å²) in [6, 6.07) is 19.7. The molecule has 4 heterocycles. The predicted molar refractivity (Wildman–Crippen MR) is 151 cm³/mol. The zero-order valence-corrected chi connectivity index (χ0v) is 21.9. The Morgan fingerprint density at radius 3 is 2.67 bits per heavy atom. The van der Waals surface area contributed by atoms with E-state index in [2.05, 4.69) is 21.2 Å². The van der Waals surface area contributed by atoms with Crippen molar-refractivity contribution < 1.29 is 4.79 Å². The number of thiophene rings is 1. The zero-order chi connectivity index (χ0) is 24.5. The van der Waals surface area contributed by atoms with E-state index in [1.807, 2.05) is 60.0 Å². The van der Waals surface area contributed by atoms with Gasteiger partial charge in [-0.1, -0.05) is 53.3 Å². The lowest BCUT2D eigenvalue weighted by Crippen LogP contribution is -2.48. The molecule has 5 aromatic rings. The Hall–Kier alpha value is -3.04. The topological polar surface area (TPSA) is 61.4 Å². The highest BCUT2D eigenvalue weighted by Gasteiger charge is 2.21. The molecule has 1 saturated heterocycles. The van der Waals surface area contributed by atoms with Crippen LogP contribution in [0.5, 0.6) is 0 Å². The SMILES string of the molecule is O=C(NCCN1CCN(c2nc3c(Cl)cccc3s2)CC1)c1cc(-c2cccs2)nc2ccccc12. The Morgan fingerprint density at radius 1 is 1.00 bits per heavy atom. The van der Waals surface area contributed by atoms with Crippen LogP contribution in [-0.4, -0.2) is 60.0 Å². The maximum Gasteiger partial charge on any atom is 0.252 e. The highest BCUT2D eigenvalue weighted by molar-refractivity contribution is 7.22. The van der Waals surface area contributed by atoms with E-state index < -0.39 is 0 Å². The number of para-hydroxylation sites is 2. The number of nitrogens with one attached hydrogen (secondary N) is 1. The van der Waals surface area contributed by atoms with Gasteiger partial charge in [0.1, 0.15) is 5.52 Å². The first-order valence-corrected chi connectivity index (χ1v) is 14.0. The Kier molecular flexibility index (Phi) is 6.58. The van der Waals surface area contributed by atoms with Gasteiger partial charge in [-0.3, -0.25) is 9.69 Å². The molecule has 1 amide bonds. The van der Waals surface area contributed by atoms with Crippen LogP contribution in [0.2, 0.25) is 5.02 Å². The fraction of sp³-hybridized carbons (Fsp3) is 0.222. The summed E-state index contributed by atoms with van der Waals surface area (Å²) in [5.41, 5.74) is 3.22. The summed E-state index contributed by atoms with van der Waals surface area (Å²) >= 11 is 9.62. The van der Waals surface area contributed by atoms with Gasteiger partial charge in [-0.05, 0) is 35.7 Å². The maximum atomic E-state index is 13.2. The molecule has 3 aromatic heterocycles. The number of thiazole rings is 1. The monoisotopic (exact) mass is 533 g/mol. The van der Waals surface area contributed by atoms with Crippen LogP contribution in [0.25, 0.3) is 31.7 Å². The molecule has 1 N–H and O–H groups in total. The lowest BCUT2D eigenvalue weighted by Gasteiger charge is -2.34. The summed E-state index contributed by atoms with van der Waals surface area (Å²) in [6.45, 7) is 5.09. The number of anilines is 1. The highest BCUT2D eigenvalue weighted by Crippen LogP contribution is 2.33. The van der Waals surface area contributed by atoms with E-state index in [4.69, 9.17) is 21.6 Å². The average Bonchev–Trinajstić information content (AvgIpc) is 3.60. The minimum Gasteiger partial charge on any atom is -0.351 e. The van der Waals surface area contributed by atoms with Crippen LogP contribution >= 0.6 is 34.3 Å². The molecule has 6 rings (SSSR count). The van der Waals surface area contributed by atoms with Crippen LogP contribution in [0.1, 0.15) is 10.4 Å². The molecule has 1 aliphatic rings. The Balaban J connectivity index is 1.07. The molecule has 2 aromatic carbocycles. The van der Waals surface area contributed by atoms with E-state index in [1.54, 1.807) is 22.7 Å². The van der Waals surface area contributed by atoms with E-state index >= 15 is 0 Å². The van der Waals surface area contributed by atoms with Gasteiger partial charge in [-0.2, -0.15) is 0 Å². The molecule has 9 heteroatoms. The summed E-state index contributed by atoms with van der Waals surface area (Å²) in [5, 5.41) is 7.76. The molecule has 0 radical (unpaired) electrons. The maximum absolute atomic E-state index is 13.2. The molecule has 0 atom stereocenters. The van der Waals surface area contributed by atoms with Crippen molar-refractivity contribution in [3.8, 4) is 10.6 Å². The molecule has 182 valence electrons. The van der Waals surface area contributed by atoms with Crippen LogP contribution in [0.15, 0.2) is 66.0 Å². The summed E-state index contributed by atoms with van der Waals surface area (Å²) in [4.78, 5) is 28.5. The van der Waals surface area contributed by atoms with Crippen molar-refractivity contribution in [2.45, 2.75) is 0 Å². The van der Waals surface area contributed by atoms with E-state index in [9.17, 15) is 4.79 Å². The third kappa shape index (κ3) is 4.69. The second kappa shape index (κ2) is 10.1. The van der Waals surface area contributed by atoms with E-state index in [0.717, 1.165) is 69.5 Å². The van der Waals surface area contributed by atoms with Gasteiger partial charge in [0, 0.05) is 44.7 Å². The van der Waals surface area contributed by atoms with Crippen molar-refractivity contribution in [2.75, 3.05) is 44.2 Å². The number of benzene rings is 2. The lowest BCUT2D eigenvalue weighted by atomic mass is 10.1. The molecule has 1 aliphatic heterocycles. The van der Waals surface area contributed by atoms with Crippen molar-refractivity contribution in [3.05, 3.63) is 76.6 Å². The number of nitrogens with zero attached hydrogens (tertiary/aromatic N) is 4. The minimum atomic E-state index is -0.0589. The second-order valence-corrected chi connectivity index (χ2v) is 11.1. The largest absolute Gasteiger partial charge is 0.351 e. The van der Waals surface area contributed by atoms with Gasteiger partial charge in [0.2, 0.25) is 0 Å².